The summed E-state index contributed by atoms with van der Waals surface area (Å²) in [6, 6.07) is 1.75. The molecule has 0 aliphatic carbocycles. The summed E-state index contributed by atoms with van der Waals surface area (Å²) in [6.45, 7) is 0. The molecule has 0 heterocycles. The molecule has 4 heavy (non-hydrogen) atoms. The summed E-state index contributed by atoms with van der Waals surface area (Å²) in [5, 5.41) is 0. The van der Waals surface area contributed by atoms with Gasteiger partial charge in [0.25, 0.3) is 0 Å². The highest BCUT2D eigenvalue weighted by Crippen LogP contribution is 0.897. The fraction of sp³-hybridized carbons (Fsp3) is 0. The molecule has 0 saturated heterocycles. The molecule has 0 rings (SSSR count). The number of hydrogen-bond donors (Lipinski definition) is 1. The molecule has 0 aromatic rings. The molecule has 0 bridgehead atoms. The molecule has 0 aliphatic rings. The predicted molar refractivity (Wildman–Crippen MR) is 20.3 cm³/mol. The molecule has 0 fully saturated rings. The van der Waals surface area contributed by atoms with Crippen LogP contribution in [-0.2, 0) is 0 Å². The smallest absolute Gasteiger partial charge is 0.00200 e. The minimum absolute atomic E-state index is 0. The van der Waals surface area contributed by atoms with Gasteiger partial charge >= 0.3 is 0 Å². The molecule has 0 saturated carbocycles. The average molecular weight is 77.5 g/mol. The highest BCUT2D eigenvalue weighted by atomic mass is 35.5. The molecule has 0 aromatic heterocycles. The Kier molecular flexibility index (Phi) is 40.2. The summed E-state index contributed by atoms with van der Waals surface area (Å²) in [5.74, 6) is 0. The Morgan fingerprint density at radius 1 is 1.75 bits per heavy atom. The van der Waals surface area contributed by atoms with Crippen molar-refractivity contribution >= 4 is 12.4 Å². The molecule has 24 valence electrons. The van der Waals surface area contributed by atoms with Crippen LogP contribution >= 0.6 is 12.4 Å². The molecule has 2 N–H and O–H groups in total. The van der Waals surface area contributed by atoms with Crippen molar-refractivity contribution in [2.24, 2.45) is 5.73 Å². The Labute approximate surface area is 31.6 Å². The van der Waals surface area contributed by atoms with E-state index in [1.807, 2.05) is 0 Å². The summed E-state index contributed by atoms with van der Waals surface area (Å²) < 4.78 is 0. The third-order valence-corrected chi connectivity index (χ3v) is 0. The van der Waals surface area contributed by atoms with E-state index in [2.05, 4.69) is 12.2 Å². The number of rotatable bonds is 0. The first kappa shape index (κ1) is 9.41. The quantitative estimate of drug-likeness (QED) is 0.319. The predicted octanol–water partition coefficient (Wildman–Crippen LogP) is -0.0424. The van der Waals surface area contributed by atoms with E-state index in [4.69, 9.17) is 0 Å². The Hall–Kier alpha value is -0.350. The molecule has 0 aromatic carbocycles. The first-order valence-electron chi connectivity index (χ1n) is 0.577. The molecule has 2 heteroatoms. The molecule has 0 spiro atoms. The van der Waals surface area contributed by atoms with Crippen LogP contribution in [0, 0.1) is 12.5 Å². The van der Waals surface area contributed by atoms with Gasteiger partial charge < -0.3 is 5.73 Å². The lowest BCUT2D eigenvalue weighted by molar-refractivity contribution is 1.76. The Balaban J connectivity index is 0. The highest BCUT2D eigenvalue weighted by molar-refractivity contribution is 5.85. The second-order valence-electron chi connectivity index (χ2n) is 0.167. The fourth-order valence-corrected chi connectivity index (χ4v) is 0. The van der Waals surface area contributed by atoms with Crippen LogP contribution in [0.2, 0.25) is 0 Å². The highest BCUT2D eigenvalue weighted by Gasteiger charge is 1.02. The maximum absolute atomic E-state index is 4.38. The van der Waals surface area contributed by atoms with Crippen molar-refractivity contribution in [2.45, 2.75) is 0 Å². The Morgan fingerprint density at radius 3 is 1.75 bits per heavy atom. The molecule has 0 unspecified atom stereocenters. The van der Waals surface area contributed by atoms with Gasteiger partial charge in [-0.3, -0.25) is 0 Å². The third-order valence-electron chi connectivity index (χ3n) is 0. The maximum atomic E-state index is 4.38. The zero-order valence-corrected chi connectivity index (χ0v) is 2.88. The van der Waals surface area contributed by atoms with Crippen LogP contribution in [0.3, 0.4) is 0 Å². The van der Waals surface area contributed by atoms with Crippen LogP contribution in [-0.4, -0.2) is 0 Å². The lowest BCUT2D eigenvalue weighted by Gasteiger charge is -1.32. The van der Waals surface area contributed by atoms with Gasteiger partial charge in [-0.1, -0.05) is 6.42 Å². The largest absolute Gasteiger partial charge is 0.360 e. The number of terminal acetylenes is 1. The van der Waals surface area contributed by atoms with E-state index in [0.717, 1.165) is 0 Å². The van der Waals surface area contributed by atoms with E-state index >= 15 is 0 Å². The summed E-state index contributed by atoms with van der Waals surface area (Å²) in [7, 11) is 0. The van der Waals surface area contributed by atoms with Gasteiger partial charge in [-0.15, -0.1) is 12.4 Å². The lowest BCUT2D eigenvalue weighted by atomic mass is 11.2. The van der Waals surface area contributed by atoms with Crippen LogP contribution in [0.1, 0.15) is 0 Å². The molecular weight excluding hydrogens is 73.5 g/mol. The van der Waals surface area contributed by atoms with Crippen LogP contribution in [0.5, 0.6) is 0 Å². The summed E-state index contributed by atoms with van der Waals surface area (Å²) in [5.41, 5.74) is 4.38. The van der Waals surface area contributed by atoms with Crippen molar-refractivity contribution in [3.63, 3.8) is 0 Å². The second-order valence-corrected chi connectivity index (χ2v) is 0.167. The summed E-state index contributed by atoms with van der Waals surface area (Å²) in [6.07, 6.45) is 4.38. The van der Waals surface area contributed by atoms with E-state index in [1.165, 1.54) is 0 Å². The normalized spacial score (nSPS) is 1.75. The summed E-state index contributed by atoms with van der Waals surface area (Å²) >= 11 is 0. The zero-order valence-electron chi connectivity index (χ0n) is 2.06. The third kappa shape index (κ3) is 5.69. The fourth-order valence-electron chi connectivity index (χ4n) is 0. The van der Waals surface area contributed by atoms with Crippen molar-refractivity contribution < 1.29 is 0 Å². The molecular formula is C2H4ClN. The first-order chi connectivity index (χ1) is 1.41. The van der Waals surface area contributed by atoms with Gasteiger partial charge in [0.2, 0.25) is 0 Å². The number of nitrogens with two attached hydrogens (primary N) is 1. The Bertz CT molecular complexity index is 27.5. The van der Waals surface area contributed by atoms with Crippen LogP contribution in [0.15, 0.2) is 0 Å². The van der Waals surface area contributed by atoms with Gasteiger partial charge in [-0.05, 0) is 6.04 Å². The number of halogens is 1. The van der Waals surface area contributed by atoms with Gasteiger partial charge in [-0.25, -0.2) is 0 Å². The van der Waals surface area contributed by atoms with Gasteiger partial charge in [0.15, 0.2) is 0 Å². The van der Waals surface area contributed by atoms with E-state index in [1.54, 1.807) is 6.04 Å². The Morgan fingerprint density at radius 2 is 1.75 bits per heavy atom. The van der Waals surface area contributed by atoms with E-state index in [-0.39, 0.29) is 12.4 Å². The standard InChI is InChI=1S/C2H3N.ClH/c1-2-3;/h1H,3H2;1H. The van der Waals surface area contributed by atoms with Gasteiger partial charge in [0, 0.05) is 0 Å². The van der Waals surface area contributed by atoms with Crippen LogP contribution in [0.25, 0.3) is 0 Å². The van der Waals surface area contributed by atoms with Gasteiger partial charge in [-0.2, -0.15) is 0 Å². The molecule has 1 nitrogen and oxygen atoms in total. The van der Waals surface area contributed by atoms with Crippen LogP contribution in [0.4, 0.5) is 0 Å². The molecule has 0 aliphatic heterocycles. The van der Waals surface area contributed by atoms with Gasteiger partial charge in [0.05, 0.1) is 0 Å². The lowest BCUT2D eigenvalue weighted by Crippen LogP contribution is -1.69. The topological polar surface area (TPSA) is 26.0 Å². The SMILES string of the molecule is C#CN.Cl. The molecule has 0 radical (unpaired) electrons. The first-order valence-corrected chi connectivity index (χ1v) is 0.577. The zero-order chi connectivity index (χ0) is 2.71. The van der Waals surface area contributed by atoms with Crippen molar-refractivity contribution in [2.75, 3.05) is 0 Å². The van der Waals surface area contributed by atoms with E-state index in [0.29, 0.717) is 0 Å². The van der Waals surface area contributed by atoms with Crippen molar-refractivity contribution in [1.82, 2.24) is 0 Å². The van der Waals surface area contributed by atoms with E-state index < -0.39 is 0 Å². The molecule has 0 amide bonds. The van der Waals surface area contributed by atoms with Gasteiger partial charge in [0.1, 0.15) is 0 Å². The number of hydrogen-bond acceptors (Lipinski definition) is 1. The minimum Gasteiger partial charge on any atom is -0.360 e. The maximum Gasteiger partial charge on any atom is -0.00200 e. The second kappa shape index (κ2) is 17.1. The summed E-state index contributed by atoms with van der Waals surface area (Å²) in [4.78, 5) is 0. The van der Waals surface area contributed by atoms with Crippen LogP contribution < -0.4 is 5.73 Å². The molecule has 0 atom stereocenters. The van der Waals surface area contributed by atoms with E-state index in [9.17, 15) is 0 Å². The van der Waals surface area contributed by atoms with Crippen molar-refractivity contribution in [3.05, 3.63) is 0 Å². The van der Waals surface area contributed by atoms with Crippen molar-refractivity contribution in [3.8, 4) is 12.5 Å². The monoisotopic (exact) mass is 77.0 g/mol. The van der Waals surface area contributed by atoms with Crippen molar-refractivity contribution in [1.29, 1.82) is 0 Å². The average Bonchev–Trinajstić information content (AvgIpc) is 0.918. The minimum atomic E-state index is 0.